The lowest BCUT2D eigenvalue weighted by Crippen LogP contribution is -2.15. The quantitative estimate of drug-likeness (QED) is 0.601. The van der Waals surface area contributed by atoms with Crippen LogP contribution < -0.4 is 5.32 Å². The minimum Gasteiger partial charge on any atom is -0.326 e. The number of benzene rings is 2. The zero-order chi connectivity index (χ0) is 17.9. The van der Waals surface area contributed by atoms with Crippen LogP contribution in [0, 0.1) is 6.92 Å². The summed E-state index contributed by atoms with van der Waals surface area (Å²) in [5, 5.41) is 8.44. The molecule has 0 unspecified atom stereocenters. The van der Waals surface area contributed by atoms with Gasteiger partial charge in [-0.05, 0) is 36.8 Å². The van der Waals surface area contributed by atoms with Crippen LogP contribution in [0.3, 0.4) is 0 Å². The molecule has 0 fully saturated rings. The highest BCUT2D eigenvalue weighted by Gasteiger charge is 2.08. The zero-order valence-corrected chi connectivity index (χ0v) is 14.5. The Hall–Kier alpha value is -3.41. The van der Waals surface area contributed by atoms with Crippen LogP contribution >= 0.6 is 0 Å². The van der Waals surface area contributed by atoms with E-state index in [2.05, 4.69) is 28.4 Å². The highest BCUT2D eigenvalue weighted by molar-refractivity contribution is 5.91. The Kier molecular flexibility index (Phi) is 4.23. The number of rotatable bonds is 5. The van der Waals surface area contributed by atoms with Gasteiger partial charge in [0.15, 0.2) is 0 Å². The van der Waals surface area contributed by atoms with Gasteiger partial charge < -0.3 is 9.88 Å². The molecule has 6 nitrogen and oxygen atoms in total. The molecule has 4 aromatic rings. The van der Waals surface area contributed by atoms with Crippen LogP contribution in [0.2, 0.25) is 0 Å². The van der Waals surface area contributed by atoms with Gasteiger partial charge in [-0.2, -0.15) is 5.10 Å². The monoisotopic (exact) mass is 345 g/mol. The Morgan fingerprint density at radius 3 is 2.77 bits per heavy atom. The van der Waals surface area contributed by atoms with Crippen molar-refractivity contribution in [2.75, 3.05) is 5.32 Å². The number of hydrogen-bond acceptors (Lipinski definition) is 3. The predicted molar refractivity (Wildman–Crippen MR) is 101 cm³/mol. The second-order valence-corrected chi connectivity index (χ2v) is 6.20. The number of carbonyl (C=O) groups is 1. The molecule has 0 aliphatic rings. The van der Waals surface area contributed by atoms with Crippen LogP contribution in [-0.4, -0.2) is 25.2 Å². The van der Waals surface area contributed by atoms with Crippen molar-refractivity contribution in [1.82, 2.24) is 19.3 Å². The molecule has 0 aliphatic heterocycles. The van der Waals surface area contributed by atoms with Gasteiger partial charge in [-0.3, -0.25) is 9.48 Å². The molecule has 2 aromatic carbocycles. The lowest BCUT2D eigenvalue weighted by Gasteiger charge is -2.08. The van der Waals surface area contributed by atoms with Gasteiger partial charge in [-0.25, -0.2) is 4.98 Å². The maximum atomic E-state index is 12.3. The molecule has 1 amide bonds. The molecule has 0 bridgehead atoms. The van der Waals surface area contributed by atoms with Crippen molar-refractivity contribution in [2.45, 2.75) is 19.9 Å². The van der Waals surface area contributed by atoms with Crippen molar-refractivity contribution in [1.29, 1.82) is 0 Å². The number of hydrogen-bond donors (Lipinski definition) is 1. The second-order valence-electron chi connectivity index (χ2n) is 6.20. The number of fused-ring (bicyclic) bond motifs is 1. The number of nitrogens with one attached hydrogen (secondary N) is 1. The standard InChI is InChI=1S/C20H19N5O/c1-15-3-2-4-16-13-22-25(20(15)16)11-9-19(26)23-17-5-7-18(8-6-17)24-12-10-21-14-24/h2-8,10,12-14H,9,11H2,1H3,(H,23,26). The van der Waals surface area contributed by atoms with Crippen molar-refractivity contribution in [2.24, 2.45) is 0 Å². The Bertz CT molecular complexity index is 1030. The van der Waals surface area contributed by atoms with Gasteiger partial charge in [0.25, 0.3) is 0 Å². The summed E-state index contributed by atoms with van der Waals surface area (Å²) in [5.41, 5.74) is 4.03. The summed E-state index contributed by atoms with van der Waals surface area (Å²) in [5.74, 6) is -0.0300. The predicted octanol–water partition coefficient (Wildman–Crippen LogP) is 3.56. The lowest BCUT2D eigenvalue weighted by molar-refractivity contribution is -0.116. The van der Waals surface area contributed by atoms with Gasteiger partial charge in [0.2, 0.25) is 5.91 Å². The first-order chi connectivity index (χ1) is 12.7. The average molecular weight is 345 g/mol. The normalized spacial score (nSPS) is 11.0. The number of imidazole rings is 1. The van der Waals surface area contributed by atoms with Crippen molar-refractivity contribution < 1.29 is 4.79 Å². The van der Waals surface area contributed by atoms with E-state index in [0.29, 0.717) is 13.0 Å². The van der Waals surface area contributed by atoms with Gasteiger partial charge in [0, 0.05) is 35.6 Å². The molecule has 1 N–H and O–H groups in total. The first-order valence-corrected chi connectivity index (χ1v) is 8.50. The molecule has 0 saturated carbocycles. The fraction of sp³-hybridized carbons (Fsp3) is 0.150. The largest absolute Gasteiger partial charge is 0.326 e. The Morgan fingerprint density at radius 2 is 2.00 bits per heavy atom. The second kappa shape index (κ2) is 6.84. The van der Waals surface area contributed by atoms with Crippen molar-refractivity contribution in [3.63, 3.8) is 0 Å². The minimum absolute atomic E-state index is 0.0300. The third kappa shape index (κ3) is 3.21. The number of anilines is 1. The van der Waals surface area contributed by atoms with Crippen molar-refractivity contribution in [3.8, 4) is 5.69 Å². The molecule has 4 rings (SSSR count). The van der Waals surface area contributed by atoms with E-state index in [1.807, 2.05) is 58.0 Å². The van der Waals surface area contributed by atoms with Gasteiger partial charge in [-0.1, -0.05) is 18.2 Å². The summed E-state index contributed by atoms with van der Waals surface area (Å²) in [4.78, 5) is 16.3. The summed E-state index contributed by atoms with van der Waals surface area (Å²) < 4.78 is 3.81. The smallest absolute Gasteiger partial charge is 0.226 e. The van der Waals surface area contributed by atoms with E-state index in [4.69, 9.17) is 0 Å². The number of carbonyl (C=O) groups excluding carboxylic acids is 1. The number of amides is 1. The van der Waals surface area contributed by atoms with E-state index in [9.17, 15) is 4.79 Å². The van der Waals surface area contributed by atoms with Gasteiger partial charge in [-0.15, -0.1) is 0 Å². The third-order valence-corrected chi connectivity index (χ3v) is 4.37. The molecule has 6 heteroatoms. The molecule has 0 atom stereocenters. The lowest BCUT2D eigenvalue weighted by atomic mass is 10.2. The van der Waals surface area contributed by atoms with Crippen LogP contribution in [0.1, 0.15) is 12.0 Å². The Balaban J connectivity index is 1.39. The van der Waals surface area contributed by atoms with Gasteiger partial charge >= 0.3 is 0 Å². The maximum Gasteiger partial charge on any atom is 0.226 e. The average Bonchev–Trinajstić information content (AvgIpc) is 3.31. The van der Waals surface area contributed by atoms with Crippen LogP contribution in [0.15, 0.2) is 67.4 Å². The van der Waals surface area contributed by atoms with E-state index in [-0.39, 0.29) is 5.91 Å². The topological polar surface area (TPSA) is 64.7 Å². The highest BCUT2D eigenvalue weighted by Crippen LogP contribution is 2.18. The Morgan fingerprint density at radius 1 is 1.15 bits per heavy atom. The van der Waals surface area contributed by atoms with Crippen LogP contribution in [0.4, 0.5) is 5.69 Å². The zero-order valence-electron chi connectivity index (χ0n) is 14.5. The minimum atomic E-state index is -0.0300. The van der Waals surface area contributed by atoms with E-state index >= 15 is 0 Å². The van der Waals surface area contributed by atoms with Gasteiger partial charge in [0.05, 0.1) is 24.6 Å². The summed E-state index contributed by atoms with van der Waals surface area (Å²) in [7, 11) is 0. The number of aryl methyl sites for hydroxylation is 2. The molecule has 0 aliphatic carbocycles. The van der Waals surface area contributed by atoms with E-state index < -0.39 is 0 Å². The molecular formula is C20H19N5O. The highest BCUT2D eigenvalue weighted by atomic mass is 16.1. The molecule has 0 radical (unpaired) electrons. The molecule has 0 saturated heterocycles. The van der Waals surface area contributed by atoms with Crippen LogP contribution in [-0.2, 0) is 11.3 Å². The number of aromatic nitrogens is 4. The summed E-state index contributed by atoms with van der Waals surface area (Å²) >= 11 is 0. The molecular weight excluding hydrogens is 326 g/mol. The molecule has 2 heterocycles. The van der Waals surface area contributed by atoms with E-state index in [1.165, 1.54) is 0 Å². The van der Waals surface area contributed by atoms with Crippen LogP contribution in [0.25, 0.3) is 16.6 Å². The summed E-state index contributed by atoms with van der Waals surface area (Å²) in [6.45, 7) is 2.61. The third-order valence-electron chi connectivity index (χ3n) is 4.37. The molecule has 0 spiro atoms. The molecule has 130 valence electrons. The van der Waals surface area contributed by atoms with Crippen molar-refractivity contribution in [3.05, 3.63) is 72.9 Å². The maximum absolute atomic E-state index is 12.3. The number of nitrogens with zero attached hydrogens (tertiary/aromatic N) is 4. The van der Waals surface area contributed by atoms with Crippen molar-refractivity contribution >= 4 is 22.5 Å². The summed E-state index contributed by atoms with van der Waals surface area (Å²) in [6.07, 6.45) is 7.56. The summed E-state index contributed by atoms with van der Waals surface area (Å²) in [6, 6.07) is 13.8. The van der Waals surface area contributed by atoms with Gasteiger partial charge in [0.1, 0.15) is 0 Å². The SMILES string of the molecule is Cc1cccc2cnn(CCC(=O)Nc3ccc(-n4ccnc4)cc3)c12. The Labute approximate surface area is 151 Å². The fourth-order valence-electron chi connectivity index (χ4n) is 3.06. The fourth-order valence-corrected chi connectivity index (χ4v) is 3.06. The van der Waals surface area contributed by atoms with E-state index in [1.54, 1.807) is 12.5 Å². The van der Waals surface area contributed by atoms with E-state index in [0.717, 1.165) is 27.8 Å². The molecule has 2 aromatic heterocycles. The molecule has 26 heavy (non-hydrogen) atoms. The number of para-hydroxylation sites is 1. The first-order valence-electron chi connectivity index (χ1n) is 8.50. The first kappa shape index (κ1) is 16.1. The van der Waals surface area contributed by atoms with Crippen LogP contribution in [0.5, 0.6) is 0 Å².